The average molecular weight is 444 g/mol. The number of rotatable bonds is 3. The van der Waals surface area contributed by atoms with Gasteiger partial charge in [0.25, 0.3) is 0 Å². The first-order valence-corrected chi connectivity index (χ1v) is 8.83. The highest BCUT2D eigenvalue weighted by Gasteiger charge is 2.61. The molecule has 3 aromatic heterocycles. The topological polar surface area (TPSA) is 84.5 Å². The monoisotopic (exact) mass is 443 g/mol. The third-order valence-electron chi connectivity index (χ3n) is 4.72. The maximum Gasteiger partial charge on any atom is 0.401 e. The maximum absolute atomic E-state index is 13.4. The van der Waals surface area contributed by atoms with Crippen molar-refractivity contribution in [2.24, 2.45) is 0 Å². The average Bonchev–Trinajstić information content (AvgIpc) is 3.18. The number of aromatic nitrogens is 3. The van der Waals surface area contributed by atoms with E-state index in [9.17, 15) is 18.0 Å². The number of anilines is 2. The summed E-state index contributed by atoms with van der Waals surface area (Å²) in [6, 6.07) is 3.82. The van der Waals surface area contributed by atoms with E-state index in [1.54, 1.807) is 28.9 Å². The molecule has 2 N–H and O–H groups in total. The lowest BCUT2D eigenvalue weighted by atomic mass is 9.66. The van der Waals surface area contributed by atoms with Gasteiger partial charge < -0.3 is 9.84 Å². The summed E-state index contributed by atoms with van der Waals surface area (Å²) in [4.78, 5) is 16.3. The Morgan fingerprint density at radius 3 is 2.74 bits per heavy atom. The normalized spacial score (nSPS) is 16.1. The zero-order valence-electron chi connectivity index (χ0n) is 13.7. The second kappa shape index (κ2) is 6.25. The van der Waals surface area contributed by atoms with E-state index in [-0.39, 0.29) is 24.4 Å². The number of imidazole rings is 1. The van der Waals surface area contributed by atoms with Crippen molar-refractivity contribution >= 4 is 39.1 Å². The third kappa shape index (κ3) is 2.95. The van der Waals surface area contributed by atoms with Gasteiger partial charge in [-0.05, 0) is 40.9 Å². The van der Waals surface area contributed by atoms with Crippen molar-refractivity contribution in [1.29, 1.82) is 0 Å². The molecule has 0 aromatic carbocycles. The number of amides is 2. The smallest absolute Gasteiger partial charge is 0.358 e. The SMILES string of the molecule is O=C(Nc1cc(C2(C(F)(F)F)CCC2)on1)Nc1ccc(Br)n2ccnc12. The lowest BCUT2D eigenvalue weighted by Gasteiger charge is -2.40. The molecule has 2 amide bonds. The van der Waals surface area contributed by atoms with Crippen LogP contribution in [0.25, 0.3) is 5.65 Å². The Labute approximate surface area is 159 Å². The van der Waals surface area contributed by atoms with E-state index in [0.29, 0.717) is 17.8 Å². The molecule has 1 saturated carbocycles. The van der Waals surface area contributed by atoms with Gasteiger partial charge in [-0.15, -0.1) is 0 Å². The zero-order valence-corrected chi connectivity index (χ0v) is 15.3. The molecule has 3 aromatic rings. The second-order valence-electron chi connectivity index (χ2n) is 6.28. The van der Waals surface area contributed by atoms with Crippen LogP contribution in [0.5, 0.6) is 0 Å². The summed E-state index contributed by atoms with van der Waals surface area (Å²) in [6.07, 6.45) is -0.770. The van der Waals surface area contributed by atoms with E-state index < -0.39 is 17.6 Å². The molecular formula is C16H13BrF3N5O2. The summed E-state index contributed by atoms with van der Waals surface area (Å²) in [5.74, 6) is -0.370. The van der Waals surface area contributed by atoms with Crippen molar-refractivity contribution in [2.75, 3.05) is 10.6 Å². The standard InChI is InChI=1S/C16H13BrF3N5O2/c17-11-3-2-9(13-21-6-7-25(11)13)22-14(26)23-12-8-10(27-24-12)15(4-1-5-15)16(18,19)20/h2-3,6-8H,1,4-5H2,(H2,22,23,24,26). The van der Waals surface area contributed by atoms with Crippen molar-refractivity contribution in [3.05, 3.63) is 41.0 Å². The Bertz CT molecular complexity index is 1010. The van der Waals surface area contributed by atoms with Crippen LogP contribution in [0.15, 0.2) is 39.7 Å². The molecule has 3 heterocycles. The number of hydrogen-bond acceptors (Lipinski definition) is 4. The Balaban J connectivity index is 1.50. The number of hydrogen-bond donors (Lipinski definition) is 2. The summed E-state index contributed by atoms with van der Waals surface area (Å²) in [5.41, 5.74) is -1.08. The van der Waals surface area contributed by atoms with Gasteiger partial charge in [0.15, 0.2) is 17.2 Å². The fourth-order valence-corrected chi connectivity index (χ4v) is 3.53. The summed E-state index contributed by atoms with van der Waals surface area (Å²) in [7, 11) is 0. The first-order valence-electron chi connectivity index (χ1n) is 8.04. The minimum absolute atomic E-state index is 0.0475. The van der Waals surface area contributed by atoms with E-state index in [2.05, 4.69) is 36.7 Å². The molecule has 27 heavy (non-hydrogen) atoms. The van der Waals surface area contributed by atoms with Gasteiger partial charge in [-0.25, -0.2) is 9.78 Å². The minimum Gasteiger partial charge on any atom is -0.358 e. The fourth-order valence-electron chi connectivity index (χ4n) is 3.11. The van der Waals surface area contributed by atoms with Gasteiger partial charge in [0.05, 0.1) is 10.3 Å². The van der Waals surface area contributed by atoms with Crippen LogP contribution in [0.4, 0.5) is 29.5 Å². The lowest BCUT2D eigenvalue weighted by Crippen LogP contribution is -2.47. The van der Waals surface area contributed by atoms with Gasteiger partial charge in [0, 0.05) is 18.5 Å². The van der Waals surface area contributed by atoms with Crippen LogP contribution in [-0.2, 0) is 5.41 Å². The van der Waals surface area contributed by atoms with E-state index in [0.717, 1.165) is 10.7 Å². The zero-order chi connectivity index (χ0) is 19.2. The highest BCUT2D eigenvalue weighted by Crippen LogP contribution is 2.54. The van der Waals surface area contributed by atoms with Gasteiger partial charge in [-0.1, -0.05) is 11.6 Å². The molecule has 0 unspecified atom stereocenters. The number of nitrogens with zero attached hydrogens (tertiary/aromatic N) is 3. The molecule has 0 aliphatic heterocycles. The molecule has 11 heteroatoms. The second-order valence-corrected chi connectivity index (χ2v) is 7.09. The molecule has 1 aliphatic carbocycles. The van der Waals surface area contributed by atoms with Crippen LogP contribution in [0.2, 0.25) is 0 Å². The molecule has 0 saturated heterocycles. The lowest BCUT2D eigenvalue weighted by molar-refractivity contribution is -0.218. The number of alkyl halides is 3. The summed E-state index contributed by atoms with van der Waals surface area (Å²) < 4.78 is 47.4. The molecule has 0 bridgehead atoms. The van der Waals surface area contributed by atoms with Crippen molar-refractivity contribution in [1.82, 2.24) is 14.5 Å². The molecule has 0 spiro atoms. The Morgan fingerprint density at radius 1 is 1.30 bits per heavy atom. The highest BCUT2D eigenvalue weighted by molar-refractivity contribution is 9.10. The molecule has 142 valence electrons. The molecule has 4 rings (SSSR count). The third-order valence-corrected chi connectivity index (χ3v) is 5.37. The van der Waals surface area contributed by atoms with Crippen molar-refractivity contribution < 1.29 is 22.5 Å². The molecular weight excluding hydrogens is 431 g/mol. The Hall–Kier alpha value is -2.56. The Morgan fingerprint density at radius 2 is 2.07 bits per heavy atom. The van der Waals surface area contributed by atoms with Gasteiger partial charge in [0.1, 0.15) is 5.41 Å². The number of urea groups is 1. The van der Waals surface area contributed by atoms with Gasteiger partial charge in [-0.2, -0.15) is 13.2 Å². The molecule has 0 radical (unpaired) electrons. The number of nitrogens with one attached hydrogen (secondary N) is 2. The number of fused-ring (bicyclic) bond motifs is 1. The number of pyridine rings is 1. The van der Waals surface area contributed by atoms with E-state index in [4.69, 9.17) is 4.52 Å². The van der Waals surface area contributed by atoms with Crippen LogP contribution in [0.1, 0.15) is 25.0 Å². The molecule has 0 atom stereocenters. The Kier molecular flexibility index (Phi) is 4.13. The minimum atomic E-state index is -4.42. The van der Waals surface area contributed by atoms with Crippen LogP contribution >= 0.6 is 15.9 Å². The molecule has 1 aliphatic rings. The number of carbonyl (C=O) groups excluding carboxylic acids is 1. The van der Waals surface area contributed by atoms with Gasteiger partial charge >= 0.3 is 12.2 Å². The molecule has 7 nitrogen and oxygen atoms in total. The van der Waals surface area contributed by atoms with Crippen LogP contribution in [0.3, 0.4) is 0 Å². The number of carbonyl (C=O) groups is 1. The van der Waals surface area contributed by atoms with E-state index in [1.807, 2.05) is 0 Å². The number of halogens is 4. The van der Waals surface area contributed by atoms with Gasteiger partial charge in [0.2, 0.25) is 0 Å². The van der Waals surface area contributed by atoms with Crippen LogP contribution in [-0.4, -0.2) is 26.7 Å². The maximum atomic E-state index is 13.4. The highest BCUT2D eigenvalue weighted by atomic mass is 79.9. The quantitative estimate of drug-likeness (QED) is 0.573. The van der Waals surface area contributed by atoms with Crippen LogP contribution in [0, 0.1) is 0 Å². The first-order chi connectivity index (χ1) is 12.8. The summed E-state index contributed by atoms with van der Waals surface area (Å²) in [6.45, 7) is 0. The van der Waals surface area contributed by atoms with E-state index in [1.165, 1.54) is 0 Å². The largest absolute Gasteiger partial charge is 0.401 e. The van der Waals surface area contributed by atoms with Crippen molar-refractivity contribution in [3.8, 4) is 0 Å². The van der Waals surface area contributed by atoms with E-state index >= 15 is 0 Å². The summed E-state index contributed by atoms with van der Waals surface area (Å²) >= 11 is 3.36. The van der Waals surface area contributed by atoms with Gasteiger partial charge in [-0.3, -0.25) is 9.72 Å². The fraction of sp³-hybridized carbons (Fsp3) is 0.312. The molecule has 1 fully saturated rings. The predicted molar refractivity (Wildman–Crippen MR) is 93.6 cm³/mol. The summed E-state index contributed by atoms with van der Waals surface area (Å²) in [5, 5.41) is 8.53. The van der Waals surface area contributed by atoms with Crippen LogP contribution < -0.4 is 10.6 Å². The first kappa shape index (κ1) is 17.8. The van der Waals surface area contributed by atoms with Crippen molar-refractivity contribution in [3.63, 3.8) is 0 Å². The van der Waals surface area contributed by atoms with Crippen molar-refractivity contribution in [2.45, 2.75) is 30.9 Å². The predicted octanol–water partition coefficient (Wildman–Crippen LogP) is 4.71.